The van der Waals surface area contributed by atoms with Crippen molar-refractivity contribution in [2.24, 2.45) is 0 Å². The van der Waals surface area contributed by atoms with Gasteiger partial charge < -0.3 is 10.0 Å². The summed E-state index contributed by atoms with van der Waals surface area (Å²) >= 11 is 0. The van der Waals surface area contributed by atoms with Crippen molar-refractivity contribution in [1.82, 2.24) is 14.9 Å². The second-order valence-electron chi connectivity index (χ2n) is 6.44. The van der Waals surface area contributed by atoms with Gasteiger partial charge in [0, 0.05) is 24.9 Å². The Labute approximate surface area is 143 Å². The summed E-state index contributed by atoms with van der Waals surface area (Å²) in [5.41, 5.74) is 0.510. The van der Waals surface area contributed by atoms with Gasteiger partial charge in [-0.15, -0.1) is 0 Å². The average Bonchev–Trinajstić information content (AvgIpc) is 2.56. The lowest BCUT2D eigenvalue weighted by Gasteiger charge is -2.50. The molecule has 0 aromatic heterocycles. The Morgan fingerprint density at radius 2 is 1.96 bits per heavy atom. The molecule has 0 aliphatic carbocycles. The summed E-state index contributed by atoms with van der Waals surface area (Å²) in [5, 5.41) is 13.4. The third kappa shape index (κ3) is 3.14. The molecule has 2 aliphatic heterocycles. The number of ketones is 1. The molecule has 1 saturated heterocycles. The van der Waals surface area contributed by atoms with Crippen LogP contribution in [0.3, 0.4) is 0 Å². The normalized spacial score (nSPS) is 24.2. The number of benzene rings is 1. The van der Waals surface area contributed by atoms with Gasteiger partial charge in [-0.1, -0.05) is 6.07 Å². The van der Waals surface area contributed by atoms with Crippen LogP contribution in [0.1, 0.15) is 19.4 Å². The van der Waals surface area contributed by atoms with E-state index in [2.05, 4.69) is 0 Å². The molecule has 0 saturated carbocycles. The molecule has 2 atom stereocenters. The van der Waals surface area contributed by atoms with Crippen molar-refractivity contribution in [2.75, 3.05) is 6.67 Å². The Hall–Kier alpha value is -2.32. The van der Waals surface area contributed by atoms with Crippen LogP contribution in [0.2, 0.25) is 0 Å². The first-order valence-corrected chi connectivity index (χ1v) is 7.97. The van der Waals surface area contributed by atoms with Crippen molar-refractivity contribution < 1.29 is 23.5 Å². The van der Waals surface area contributed by atoms with Gasteiger partial charge in [-0.05, 0) is 31.5 Å². The van der Waals surface area contributed by atoms with Gasteiger partial charge in [0.2, 0.25) is 0 Å². The van der Waals surface area contributed by atoms with Crippen molar-refractivity contribution in [1.29, 1.82) is 0 Å². The monoisotopic (exact) mass is 351 g/mol. The minimum Gasteiger partial charge on any atom is -0.382 e. The number of aliphatic hydroxyl groups is 1. The van der Waals surface area contributed by atoms with Gasteiger partial charge in [0.1, 0.15) is 6.10 Å². The Kier molecular flexibility index (Phi) is 4.57. The molecule has 2 aliphatic rings. The highest BCUT2D eigenvalue weighted by atomic mass is 19.2. The second-order valence-corrected chi connectivity index (χ2v) is 6.44. The first kappa shape index (κ1) is 17.5. The molecule has 1 fully saturated rings. The van der Waals surface area contributed by atoms with E-state index in [1.165, 1.54) is 28.3 Å². The van der Waals surface area contributed by atoms with Crippen molar-refractivity contribution in [2.45, 2.75) is 38.6 Å². The molecule has 0 radical (unpaired) electrons. The van der Waals surface area contributed by atoms with Crippen LogP contribution in [0.5, 0.6) is 0 Å². The molecule has 1 aromatic rings. The fourth-order valence-electron chi connectivity index (χ4n) is 3.05. The van der Waals surface area contributed by atoms with Gasteiger partial charge in [-0.25, -0.2) is 8.78 Å². The van der Waals surface area contributed by atoms with Crippen LogP contribution in [0.25, 0.3) is 0 Å². The maximum Gasteiger partial charge on any atom is 0.251 e. The van der Waals surface area contributed by atoms with E-state index in [1.54, 1.807) is 5.01 Å². The van der Waals surface area contributed by atoms with Crippen molar-refractivity contribution in [3.8, 4) is 0 Å². The number of rotatable bonds is 3. The highest BCUT2D eigenvalue weighted by molar-refractivity contribution is 6.00. The minimum absolute atomic E-state index is 0.143. The van der Waals surface area contributed by atoms with Gasteiger partial charge in [-0.2, -0.15) is 5.01 Å². The molecule has 134 valence electrons. The summed E-state index contributed by atoms with van der Waals surface area (Å²) in [6.07, 6.45) is 1.18. The van der Waals surface area contributed by atoms with Crippen LogP contribution in [0, 0.1) is 11.6 Å². The summed E-state index contributed by atoms with van der Waals surface area (Å²) in [4.78, 5) is 26.0. The van der Waals surface area contributed by atoms with E-state index >= 15 is 0 Å². The Morgan fingerprint density at radius 3 is 2.60 bits per heavy atom. The maximum absolute atomic E-state index is 13.5. The number of fused-ring (bicyclic) bond motifs is 1. The largest absolute Gasteiger partial charge is 0.382 e. The smallest absolute Gasteiger partial charge is 0.251 e. The summed E-state index contributed by atoms with van der Waals surface area (Å²) < 4.78 is 26.6. The maximum atomic E-state index is 13.5. The Balaban J connectivity index is 1.93. The predicted molar refractivity (Wildman–Crippen MR) is 84.5 cm³/mol. The van der Waals surface area contributed by atoms with Crippen LogP contribution >= 0.6 is 0 Å². The number of carbonyl (C=O) groups is 2. The standard InChI is InChI=1S/C17H19F2N3O3/c1-10(2)21-9-20(8-11-3-4-12(18)13(19)7-11)22-6-5-14(23)16(24)15(22)17(21)25/h3-7,10,15-16,24H,8-9H2,1-2H3. The number of halogens is 2. The van der Waals surface area contributed by atoms with Crippen LogP contribution in [-0.2, 0) is 16.1 Å². The fourth-order valence-corrected chi connectivity index (χ4v) is 3.05. The van der Waals surface area contributed by atoms with Crippen molar-refractivity contribution in [3.05, 3.63) is 47.7 Å². The number of aliphatic hydroxyl groups excluding tert-OH is 1. The van der Waals surface area contributed by atoms with Crippen LogP contribution in [0.15, 0.2) is 30.5 Å². The summed E-state index contributed by atoms with van der Waals surface area (Å²) in [7, 11) is 0. The summed E-state index contributed by atoms with van der Waals surface area (Å²) in [6.45, 7) is 4.05. The Bertz CT molecular complexity index is 738. The minimum atomic E-state index is -1.47. The van der Waals surface area contributed by atoms with Crippen molar-refractivity contribution in [3.63, 3.8) is 0 Å². The molecule has 1 amide bonds. The SMILES string of the molecule is CC(C)N1CN(Cc2ccc(F)c(F)c2)N2C=CC(=O)C(O)C2C1=O. The zero-order chi connectivity index (χ0) is 18.3. The van der Waals surface area contributed by atoms with E-state index in [4.69, 9.17) is 0 Å². The lowest BCUT2D eigenvalue weighted by atomic mass is 10.00. The fraction of sp³-hybridized carbons (Fsp3) is 0.412. The quantitative estimate of drug-likeness (QED) is 0.881. The molecule has 25 heavy (non-hydrogen) atoms. The van der Waals surface area contributed by atoms with Crippen LogP contribution in [-0.4, -0.2) is 56.6 Å². The first-order chi connectivity index (χ1) is 11.8. The third-order valence-electron chi connectivity index (χ3n) is 4.42. The lowest BCUT2D eigenvalue weighted by molar-refractivity contribution is -0.184. The molecule has 1 N–H and O–H groups in total. The van der Waals surface area contributed by atoms with E-state index in [0.717, 1.165) is 12.1 Å². The van der Waals surface area contributed by atoms with Gasteiger partial charge in [-0.3, -0.25) is 14.6 Å². The molecule has 8 heteroatoms. The number of hydrogen-bond donors (Lipinski definition) is 1. The number of hydrogen-bond acceptors (Lipinski definition) is 5. The molecular weight excluding hydrogens is 332 g/mol. The predicted octanol–water partition coefficient (Wildman–Crippen LogP) is 1.02. The van der Waals surface area contributed by atoms with E-state index in [-0.39, 0.29) is 25.2 Å². The van der Waals surface area contributed by atoms with Gasteiger partial charge in [0.05, 0.1) is 6.67 Å². The van der Waals surface area contributed by atoms with Gasteiger partial charge in [0.15, 0.2) is 23.5 Å². The molecular formula is C17H19F2N3O3. The van der Waals surface area contributed by atoms with E-state index in [0.29, 0.717) is 5.56 Å². The third-order valence-corrected chi connectivity index (χ3v) is 4.42. The molecule has 0 spiro atoms. The molecule has 2 unspecified atom stereocenters. The van der Waals surface area contributed by atoms with Crippen LogP contribution < -0.4 is 0 Å². The second kappa shape index (κ2) is 6.53. The molecule has 1 aromatic carbocycles. The summed E-state index contributed by atoms with van der Waals surface area (Å²) in [5.74, 6) is -2.76. The van der Waals surface area contributed by atoms with E-state index in [9.17, 15) is 23.5 Å². The van der Waals surface area contributed by atoms with Gasteiger partial charge >= 0.3 is 0 Å². The van der Waals surface area contributed by atoms with E-state index in [1.807, 2.05) is 13.8 Å². The highest BCUT2D eigenvalue weighted by Gasteiger charge is 2.46. The zero-order valence-corrected chi connectivity index (χ0v) is 13.9. The topological polar surface area (TPSA) is 64.1 Å². The van der Waals surface area contributed by atoms with E-state index < -0.39 is 29.6 Å². The number of hydrazine groups is 1. The highest BCUT2D eigenvalue weighted by Crippen LogP contribution is 2.26. The number of nitrogens with zero attached hydrogens (tertiary/aromatic N) is 3. The number of amides is 1. The molecule has 0 bridgehead atoms. The van der Waals surface area contributed by atoms with Crippen LogP contribution in [0.4, 0.5) is 8.78 Å². The van der Waals surface area contributed by atoms with Crippen molar-refractivity contribution >= 4 is 11.7 Å². The summed E-state index contributed by atoms with van der Waals surface area (Å²) in [6, 6.07) is 2.39. The Morgan fingerprint density at radius 1 is 1.24 bits per heavy atom. The average molecular weight is 351 g/mol. The molecule has 3 rings (SSSR count). The zero-order valence-electron chi connectivity index (χ0n) is 13.9. The first-order valence-electron chi connectivity index (χ1n) is 7.97. The van der Waals surface area contributed by atoms with Gasteiger partial charge in [0.25, 0.3) is 5.91 Å². The lowest BCUT2D eigenvalue weighted by Crippen LogP contribution is -2.68. The molecule has 6 nitrogen and oxygen atoms in total. The number of carbonyl (C=O) groups excluding carboxylic acids is 2. The molecule has 2 heterocycles.